The number of carbonyl (C=O) groups excluding carboxylic acids is 2. The molecule has 1 heterocycles. The highest BCUT2D eigenvalue weighted by Gasteiger charge is 2.44. The molecule has 1 unspecified atom stereocenters. The Bertz CT molecular complexity index is 888. The average molecular weight is 438 g/mol. The summed E-state index contributed by atoms with van der Waals surface area (Å²) in [6.07, 6.45) is -6.01. The molecule has 12 heteroatoms. The molecule has 0 saturated carbocycles. The standard InChI is InChI=1S/C17H21F3N2O6S/c1-10-3-4-13(5-11(10)2)29(26,27)22-7-12(23)6-14(22)16(25)28-8-15(24)21-9-17(18,19)20/h3-5,12,14,23H,6-9H2,1-2H3,(H,21,24)/t12?,14-/m0/s1. The number of sulfonamides is 1. The molecule has 1 aromatic rings. The van der Waals surface area contributed by atoms with Gasteiger partial charge in [0.25, 0.3) is 5.91 Å². The van der Waals surface area contributed by atoms with Crippen molar-refractivity contribution in [2.75, 3.05) is 19.7 Å². The van der Waals surface area contributed by atoms with Crippen LogP contribution in [0.15, 0.2) is 23.1 Å². The van der Waals surface area contributed by atoms with Crippen LogP contribution in [0.4, 0.5) is 13.2 Å². The van der Waals surface area contributed by atoms with Crippen LogP contribution < -0.4 is 5.32 Å². The summed E-state index contributed by atoms with van der Waals surface area (Å²) in [4.78, 5) is 23.6. The van der Waals surface area contributed by atoms with E-state index in [0.29, 0.717) is 5.56 Å². The molecule has 0 spiro atoms. The number of ether oxygens (including phenoxy) is 1. The molecule has 2 rings (SSSR count). The average Bonchev–Trinajstić information content (AvgIpc) is 3.02. The fraction of sp³-hybridized carbons (Fsp3) is 0.529. The Kier molecular flexibility index (Phi) is 6.91. The van der Waals surface area contributed by atoms with Crippen LogP contribution in [0, 0.1) is 13.8 Å². The minimum Gasteiger partial charge on any atom is -0.454 e. The molecule has 0 radical (unpaired) electrons. The molecule has 1 aliphatic heterocycles. The van der Waals surface area contributed by atoms with Gasteiger partial charge in [-0.1, -0.05) is 6.07 Å². The zero-order valence-electron chi connectivity index (χ0n) is 15.7. The van der Waals surface area contributed by atoms with E-state index in [2.05, 4.69) is 4.74 Å². The molecule has 1 fully saturated rings. The molecular formula is C17H21F3N2O6S. The Morgan fingerprint density at radius 1 is 1.28 bits per heavy atom. The number of benzene rings is 1. The van der Waals surface area contributed by atoms with Crippen molar-refractivity contribution in [2.24, 2.45) is 0 Å². The van der Waals surface area contributed by atoms with Crippen molar-refractivity contribution >= 4 is 21.9 Å². The van der Waals surface area contributed by atoms with Crippen LogP contribution in [0.2, 0.25) is 0 Å². The number of aliphatic hydroxyl groups is 1. The van der Waals surface area contributed by atoms with Gasteiger partial charge in [0.2, 0.25) is 10.0 Å². The first kappa shape index (κ1) is 23.1. The van der Waals surface area contributed by atoms with Crippen molar-refractivity contribution in [1.29, 1.82) is 0 Å². The first-order valence-electron chi connectivity index (χ1n) is 8.58. The molecule has 1 aliphatic rings. The van der Waals surface area contributed by atoms with E-state index in [1.165, 1.54) is 17.4 Å². The van der Waals surface area contributed by atoms with E-state index in [1.54, 1.807) is 19.9 Å². The number of nitrogens with zero attached hydrogens (tertiary/aromatic N) is 1. The Morgan fingerprint density at radius 2 is 1.93 bits per heavy atom. The normalized spacial score (nSPS) is 20.5. The number of halogens is 3. The molecule has 2 N–H and O–H groups in total. The summed E-state index contributed by atoms with van der Waals surface area (Å²) in [5.41, 5.74) is 1.58. The topological polar surface area (TPSA) is 113 Å². The van der Waals surface area contributed by atoms with Gasteiger partial charge in [-0.25, -0.2) is 8.42 Å². The maximum atomic E-state index is 12.9. The summed E-state index contributed by atoms with van der Waals surface area (Å²) in [7, 11) is -4.15. The SMILES string of the molecule is Cc1ccc(S(=O)(=O)N2CC(O)C[C@H]2C(=O)OCC(=O)NCC(F)(F)F)cc1C. The number of carbonyl (C=O) groups is 2. The number of β-amino-alcohol motifs (C(OH)–C–C–N with tert-alkyl or cyclic N) is 1. The van der Waals surface area contributed by atoms with Crippen molar-refractivity contribution in [1.82, 2.24) is 9.62 Å². The first-order valence-corrected chi connectivity index (χ1v) is 10.0. The van der Waals surface area contributed by atoms with Crippen LogP contribution in [0.25, 0.3) is 0 Å². The molecule has 8 nitrogen and oxygen atoms in total. The molecular weight excluding hydrogens is 417 g/mol. The van der Waals surface area contributed by atoms with Crippen molar-refractivity contribution in [3.8, 4) is 0 Å². The highest BCUT2D eigenvalue weighted by Crippen LogP contribution is 2.28. The summed E-state index contributed by atoms with van der Waals surface area (Å²) in [6.45, 7) is 0.584. The Labute approximate surface area is 165 Å². The third-order valence-electron chi connectivity index (χ3n) is 4.42. The smallest absolute Gasteiger partial charge is 0.405 e. The Balaban J connectivity index is 2.10. The molecule has 1 aromatic carbocycles. The number of aryl methyl sites for hydroxylation is 2. The van der Waals surface area contributed by atoms with Crippen LogP contribution in [-0.4, -0.2) is 67.7 Å². The lowest BCUT2D eigenvalue weighted by atomic mass is 10.1. The lowest BCUT2D eigenvalue weighted by Gasteiger charge is -2.22. The van der Waals surface area contributed by atoms with E-state index in [9.17, 15) is 36.3 Å². The van der Waals surface area contributed by atoms with Gasteiger partial charge in [-0.3, -0.25) is 9.59 Å². The van der Waals surface area contributed by atoms with E-state index in [1.807, 2.05) is 0 Å². The van der Waals surface area contributed by atoms with Crippen molar-refractivity contribution in [2.45, 2.75) is 43.5 Å². The molecule has 0 aliphatic carbocycles. The summed E-state index contributed by atoms with van der Waals surface area (Å²) < 4.78 is 67.5. The van der Waals surface area contributed by atoms with Gasteiger partial charge in [-0.15, -0.1) is 0 Å². The zero-order valence-corrected chi connectivity index (χ0v) is 16.5. The molecule has 162 valence electrons. The van der Waals surface area contributed by atoms with Gasteiger partial charge in [-0.2, -0.15) is 17.5 Å². The second kappa shape index (κ2) is 8.67. The minimum atomic E-state index is -4.62. The van der Waals surface area contributed by atoms with Crippen LogP contribution >= 0.6 is 0 Å². The van der Waals surface area contributed by atoms with Crippen molar-refractivity contribution < 1.29 is 41.0 Å². The van der Waals surface area contributed by atoms with Crippen LogP contribution in [0.1, 0.15) is 17.5 Å². The predicted molar refractivity (Wildman–Crippen MR) is 94.2 cm³/mol. The summed E-state index contributed by atoms with van der Waals surface area (Å²) >= 11 is 0. The van der Waals surface area contributed by atoms with E-state index < -0.39 is 53.4 Å². The molecule has 1 saturated heterocycles. The third kappa shape index (κ3) is 5.90. The number of alkyl halides is 3. The van der Waals surface area contributed by atoms with Gasteiger partial charge in [-0.05, 0) is 37.1 Å². The van der Waals surface area contributed by atoms with Crippen LogP contribution in [0.3, 0.4) is 0 Å². The Hall–Kier alpha value is -2.18. The summed E-state index contributed by atoms with van der Waals surface area (Å²) in [5, 5.41) is 11.4. The third-order valence-corrected chi connectivity index (χ3v) is 6.29. The molecule has 1 amide bonds. The molecule has 0 aromatic heterocycles. The molecule has 0 bridgehead atoms. The van der Waals surface area contributed by atoms with E-state index in [4.69, 9.17) is 0 Å². The van der Waals surface area contributed by atoms with Gasteiger partial charge in [0.1, 0.15) is 12.6 Å². The summed E-state index contributed by atoms with van der Waals surface area (Å²) in [5.74, 6) is -2.31. The number of esters is 1. The number of rotatable bonds is 6. The number of hydrogen-bond acceptors (Lipinski definition) is 6. The highest BCUT2D eigenvalue weighted by atomic mass is 32.2. The lowest BCUT2D eigenvalue weighted by molar-refractivity contribution is -0.153. The van der Waals surface area contributed by atoms with Gasteiger partial charge in [0.15, 0.2) is 6.61 Å². The van der Waals surface area contributed by atoms with Crippen molar-refractivity contribution in [3.63, 3.8) is 0 Å². The molecule has 29 heavy (non-hydrogen) atoms. The van der Waals surface area contributed by atoms with Gasteiger partial charge < -0.3 is 15.2 Å². The van der Waals surface area contributed by atoms with E-state index in [-0.39, 0.29) is 17.9 Å². The summed E-state index contributed by atoms with van der Waals surface area (Å²) in [6, 6.07) is 3.01. The zero-order chi connectivity index (χ0) is 22.0. The number of amides is 1. The minimum absolute atomic E-state index is 0.0737. The first-order chi connectivity index (χ1) is 13.3. The maximum Gasteiger partial charge on any atom is 0.405 e. The van der Waals surface area contributed by atoms with Crippen molar-refractivity contribution in [3.05, 3.63) is 29.3 Å². The fourth-order valence-electron chi connectivity index (χ4n) is 2.76. The monoisotopic (exact) mass is 438 g/mol. The van der Waals surface area contributed by atoms with Gasteiger partial charge >= 0.3 is 12.1 Å². The van der Waals surface area contributed by atoms with Crippen LogP contribution in [-0.2, 0) is 24.3 Å². The quantitative estimate of drug-likeness (QED) is 0.631. The molecule has 2 atom stereocenters. The fourth-order valence-corrected chi connectivity index (χ4v) is 4.47. The largest absolute Gasteiger partial charge is 0.454 e. The van der Waals surface area contributed by atoms with Gasteiger partial charge in [0.05, 0.1) is 11.0 Å². The maximum absolute atomic E-state index is 12.9. The predicted octanol–water partition coefficient (Wildman–Crippen LogP) is 0.649. The second-order valence-corrected chi connectivity index (χ2v) is 8.62. The number of hydrogen-bond donors (Lipinski definition) is 2. The Morgan fingerprint density at radius 3 is 2.52 bits per heavy atom. The van der Waals surface area contributed by atoms with Crippen LogP contribution in [0.5, 0.6) is 0 Å². The van der Waals surface area contributed by atoms with Gasteiger partial charge in [0, 0.05) is 13.0 Å². The lowest BCUT2D eigenvalue weighted by Crippen LogP contribution is -2.43. The van der Waals surface area contributed by atoms with E-state index >= 15 is 0 Å². The number of aliphatic hydroxyl groups excluding tert-OH is 1. The number of nitrogens with one attached hydrogen (secondary N) is 1. The highest BCUT2D eigenvalue weighted by molar-refractivity contribution is 7.89. The second-order valence-electron chi connectivity index (χ2n) is 6.73. The van der Waals surface area contributed by atoms with E-state index in [0.717, 1.165) is 9.87 Å².